The first-order valence-electron chi connectivity index (χ1n) is 9.66. The summed E-state index contributed by atoms with van der Waals surface area (Å²) in [6.45, 7) is 0. The maximum atomic E-state index is 12.5. The first-order chi connectivity index (χ1) is 15.5. The van der Waals surface area contributed by atoms with Crippen molar-refractivity contribution < 1.29 is 42.4 Å². The van der Waals surface area contributed by atoms with Gasteiger partial charge in [0.25, 0.3) is 0 Å². The molecule has 0 unspecified atom stereocenters. The predicted molar refractivity (Wildman–Crippen MR) is 110 cm³/mol. The van der Waals surface area contributed by atoms with Crippen LogP contribution in [0.15, 0.2) is 18.6 Å². The van der Waals surface area contributed by atoms with Crippen molar-refractivity contribution in [1.29, 1.82) is 0 Å². The molecule has 1 amide bonds. The Balaban J connectivity index is 1.57. The van der Waals surface area contributed by atoms with Gasteiger partial charge in [-0.25, -0.2) is 14.8 Å². The minimum Gasteiger partial charge on any atom is -0.467 e. The van der Waals surface area contributed by atoms with Gasteiger partial charge in [-0.1, -0.05) is 0 Å². The van der Waals surface area contributed by atoms with E-state index in [2.05, 4.69) is 14.7 Å². The van der Waals surface area contributed by atoms with Crippen LogP contribution in [0.2, 0.25) is 0 Å². The fraction of sp³-hybridized carbons (Fsp3) is 0.556. The van der Waals surface area contributed by atoms with Crippen LogP contribution < -0.4 is 11.1 Å². The lowest BCUT2D eigenvalue weighted by Gasteiger charge is -2.18. The number of halogens is 3. The summed E-state index contributed by atoms with van der Waals surface area (Å²) < 4.78 is 49.2. The summed E-state index contributed by atoms with van der Waals surface area (Å²) in [7, 11) is 0.996. The van der Waals surface area contributed by atoms with Gasteiger partial charge in [0.1, 0.15) is 36.0 Å². The number of aromatic nitrogens is 3. The summed E-state index contributed by atoms with van der Waals surface area (Å²) in [6.07, 6.45) is -6.72. The van der Waals surface area contributed by atoms with Crippen LogP contribution in [0.3, 0.4) is 0 Å². The number of ether oxygens (including phenoxy) is 2. The van der Waals surface area contributed by atoms with Crippen LogP contribution in [0.1, 0.15) is 12.6 Å². The molecule has 11 nitrogen and oxygen atoms in total. The molecule has 33 heavy (non-hydrogen) atoms. The average Bonchev–Trinajstić information content (AvgIpc) is 3.31. The van der Waals surface area contributed by atoms with E-state index in [9.17, 15) is 33.0 Å². The number of hydrogen-bond donors (Lipinski definition) is 4. The predicted octanol–water partition coefficient (Wildman–Crippen LogP) is -0.0239. The SMILES string of the molecule is COC(=O)[C@H](CCSC[C@H]1O[C@@H](n2ccc3c(N)ncnc32)[C@H](O)[C@@H]1O)NC(=O)C(F)(F)F. The number of nitrogens with two attached hydrogens (primary N) is 1. The normalized spacial score (nSPS) is 24.1. The Hall–Kier alpha value is -2.62. The van der Waals surface area contributed by atoms with Crippen LogP contribution in [-0.4, -0.2) is 85.8 Å². The van der Waals surface area contributed by atoms with Crippen molar-refractivity contribution in [3.8, 4) is 0 Å². The average molecular weight is 493 g/mol. The Morgan fingerprint density at radius 3 is 2.76 bits per heavy atom. The third-order valence-corrected chi connectivity index (χ3v) is 6.12. The number of aliphatic hydroxyl groups excluding tert-OH is 2. The molecule has 2 aromatic rings. The Morgan fingerprint density at radius 1 is 1.36 bits per heavy atom. The highest BCUT2D eigenvalue weighted by Crippen LogP contribution is 2.34. The molecule has 1 fully saturated rings. The number of rotatable bonds is 8. The number of nitrogen functional groups attached to an aromatic ring is 1. The van der Waals surface area contributed by atoms with E-state index in [0.717, 1.165) is 18.9 Å². The second kappa shape index (κ2) is 10.1. The van der Waals surface area contributed by atoms with Gasteiger partial charge in [0.05, 0.1) is 18.6 Å². The van der Waals surface area contributed by atoms with Crippen LogP contribution >= 0.6 is 11.8 Å². The molecule has 0 aliphatic carbocycles. The van der Waals surface area contributed by atoms with Crippen LogP contribution in [0.25, 0.3) is 11.0 Å². The lowest BCUT2D eigenvalue weighted by molar-refractivity contribution is -0.175. The van der Waals surface area contributed by atoms with E-state index < -0.39 is 48.6 Å². The minimum atomic E-state index is -5.13. The van der Waals surface area contributed by atoms with Crippen molar-refractivity contribution in [2.45, 2.75) is 43.2 Å². The zero-order valence-electron chi connectivity index (χ0n) is 17.2. The summed E-state index contributed by atoms with van der Waals surface area (Å²) in [5, 5.41) is 23.0. The highest BCUT2D eigenvalue weighted by atomic mass is 32.2. The van der Waals surface area contributed by atoms with Gasteiger partial charge in [-0.3, -0.25) is 4.79 Å². The van der Waals surface area contributed by atoms with Crippen molar-refractivity contribution in [3.63, 3.8) is 0 Å². The number of anilines is 1. The molecule has 3 rings (SSSR count). The first-order valence-corrected chi connectivity index (χ1v) is 10.8. The number of fused-ring (bicyclic) bond motifs is 1. The number of nitrogens with one attached hydrogen (secondary N) is 1. The third kappa shape index (κ3) is 5.48. The molecular formula is C18H22F3N5O6S. The Kier molecular flexibility index (Phi) is 7.66. The molecule has 3 heterocycles. The van der Waals surface area contributed by atoms with Crippen LogP contribution in [0, 0.1) is 0 Å². The zero-order valence-corrected chi connectivity index (χ0v) is 18.0. The van der Waals surface area contributed by atoms with E-state index in [1.54, 1.807) is 17.6 Å². The fourth-order valence-corrected chi connectivity index (χ4v) is 4.40. The molecule has 15 heteroatoms. The van der Waals surface area contributed by atoms with Crippen molar-refractivity contribution in [1.82, 2.24) is 19.9 Å². The van der Waals surface area contributed by atoms with Crippen LogP contribution in [0.4, 0.5) is 19.0 Å². The highest BCUT2D eigenvalue weighted by Gasteiger charge is 2.44. The smallest absolute Gasteiger partial charge is 0.467 e. The van der Waals surface area contributed by atoms with Gasteiger partial charge in [-0.05, 0) is 18.2 Å². The van der Waals surface area contributed by atoms with Gasteiger partial charge in [0.2, 0.25) is 0 Å². The second-order valence-electron chi connectivity index (χ2n) is 7.18. The van der Waals surface area contributed by atoms with E-state index in [4.69, 9.17) is 10.5 Å². The van der Waals surface area contributed by atoms with E-state index in [0.29, 0.717) is 11.0 Å². The molecule has 2 aromatic heterocycles. The lowest BCUT2D eigenvalue weighted by atomic mass is 10.1. The standard InChI is InChI=1S/C18H22F3N5O6S/c1-31-16(29)9(25-17(30)18(19,20)21)3-5-33-6-10-11(27)12(28)15(32-10)26-4-2-8-13(22)23-7-24-14(8)26/h2,4,7,9-12,15,27-28H,3,5-6H2,1H3,(H,25,30)(H2,22,23,24)/t9-,10+,11+,12+,15+/m0/s1. The number of carbonyl (C=O) groups is 2. The summed E-state index contributed by atoms with van der Waals surface area (Å²) in [6, 6.07) is 0.165. The van der Waals surface area contributed by atoms with E-state index in [-0.39, 0.29) is 23.7 Å². The number of thioether (sulfide) groups is 1. The molecule has 5 atom stereocenters. The Labute approximate surface area is 189 Å². The molecule has 0 radical (unpaired) electrons. The number of hydrogen-bond acceptors (Lipinski definition) is 10. The highest BCUT2D eigenvalue weighted by molar-refractivity contribution is 7.99. The maximum Gasteiger partial charge on any atom is 0.471 e. The van der Waals surface area contributed by atoms with E-state index in [1.165, 1.54) is 10.9 Å². The number of aliphatic hydroxyl groups is 2. The van der Waals surface area contributed by atoms with Gasteiger partial charge >= 0.3 is 18.1 Å². The fourth-order valence-electron chi connectivity index (χ4n) is 3.32. The van der Waals surface area contributed by atoms with Crippen molar-refractivity contribution in [2.75, 3.05) is 24.3 Å². The van der Waals surface area contributed by atoms with E-state index >= 15 is 0 Å². The summed E-state index contributed by atoms with van der Waals surface area (Å²) in [5.74, 6) is -2.71. The lowest BCUT2D eigenvalue weighted by Crippen LogP contribution is -2.47. The molecule has 0 bridgehead atoms. The number of amides is 1. The number of esters is 1. The van der Waals surface area contributed by atoms with Crippen LogP contribution in [-0.2, 0) is 19.1 Å². The molecular weight excluding hydrogens is 471 g/mol. The minimum absolute atomic E-state index is 0.140. The monoisotopic (exact) mass is 493 g/mol. The van der Waals surface area contributed by atoms with Gasteiger partial charge in [-0.2, -0.15) is 24.9 Å². The van der Waals surface area contributed by atoms with Crippen LogP contribution in [0.5, 0.6) is 0 Å². The number of methoxy groups -OCH3 is 1. The molecule has 1 aliphatic rings. The first kappa shape index (κ1) is 25.0. The molecule has 0 aromatic carbocycles. The van der Waals surface area contributed by atoms with Gasteiger partial charge in [0.15, 0.2) is 6.23 Å². The molecule has 1 saturated heterocycles. The molecule has 0 spiro atoms. The van der Waals surface area contributed by atoms with Crippen molar-refractivity contribution in [3.05, 3.63) is 18.6 Å². The summed E-state index contributed by atoms with van der Waals surface area (Å²) in [4.78, 5) is 30.8. The second-order valence-corrected chi connectivity index (χ2v) is 8.33. The maximum absolute atomic E-state index is 12.5. The van der Waals surface area contributed by atoms with Crippen molar-refractivity contribution >= 4 is 40.5 Å². The molecule has 0 saturated carbocycles. The third-order valence-electron chi connectivity index (χ3n) is 5.03. The van der Waals surface area contributed by atoms with E-state index in [1.807, 2.05) is 0 Å². The zero-order chi connectivity index (χ0) is 24.3. The molecule has 5 N–H and O–H groups in total. The number of nitrogens with zero attached hydrogens (tertiary/aromatic N) is 3. The van der Waals surface area contributed by atoms with Crippen molar-refractivity contribution in [2.24, 2.45) is 0 Å². The number of carbonyl (C=O) groups excluding carboxylic acids is 2. The van der Waals surface area contributed by atoms with Gasteiger partial charge < -0.3 is 35.3 Å². The van der Waals surface area contributed by atoms with Gasteiger partial charge in [0, 0.05) is 11.9 Å². The van der Waals surface area contributed by atoms with Gasteiger partial charge in [-0.15, -0.1) is 0 Å². The molecule has 182 valence electrons. The quantitative estimate of drug-likeness (QED) is 0.290. The number of alkyl halides is 3. The Bertz CT molecular complexity index is 1010. The summed E-state index contributed by atoms with van der Waals surface area (Å²) >= 11 is 1.16. The summed E-state index contributed by atoms with van der Waals surface area (Å²) in [5.41, 5.74) is 6.22. The topological polar surface area (TPSA) is 162 Å². The largest absolute Gasteiger partial charge is 0.471 e. The molecule has 1 aliphatic heterocycles. The Morgan fingerprint density at radius 2 is 2.09 bits per heavy atom.